The molecule has 1 amide bonds. The SMILES string of the molecule is CC(C)CC(CN(C)C)NC1=NCCN(C(=O)OC(C)(C)C)C1. The zero-order valence-corrected chi connectivity index (χ0v) is 15.8. The molecule has 0 spiro atoms. The fourth-order valence-corrected chi connectivity index (χ4v) is 2.61. The Morgan fingerprint density at radius 3 is 2.57 bits per heavy atom. The van der Waals surface area contributed by atoms with Gasteiger partial charge >= 0.3 is 6.09 Å². The molecule has 6 heteroatoms. The number of nitrogens with one attached hydrogen (secondary N) is 1. The van der Waals surface area contributed by atoms with Crippen LogP contribution in [0.1, 0.15) is 41.0 Å². The summed E-state index contributed by atoms with van der Waals surface area (Å²) < 4.78 is 5.46. The molecule has 134 valence electrons. The summed E-state index contributed by atoms with van der Waals surface area (Å²) in [6, 6.07) is 0.335. The molecule has 6 nitrogen and oxygen atoms in total. The summed E-state index contributed by atoms with van der Waals surface area (Å²) in [7, 11) is 4.15. The highest BCUT2D eigenvalue weighted by Gasteiger charge is 2.26. The van der Waals surface area contributed by atoms with Gasteiger partial charge in [-0.1, -0.05) is 13.8 Å². The summed E-state index contributed by atoms with van der Waals surface area (Å²) in [6.45, 7) is 12.8. The number of amidine groups is 1. The average molecular weight is 326 g/mol. The molecule has 1 rings (SSSR count). The van der Waals surface area contributed by atoms with Gasteiger partial charge in [-0.15, -0.1) is 0 Å². The van der Waals surface area contributed by atoms with Crippen molar-refractivity contribution in [3.8, 4) is 0 Å². The fraction of sp³-hybridized carbons (Fsp3) is 0.882. The minimum Gasteiger partial charge on any atom is -0.444 e. The van der Waals surface area contributed by atoms with E-state index < -0.39 is 5.60 Å². The quantitative estimate of drug-likeness (QED) is 0.841. The second-order valence-electron chi connectivity index (χ2n) is 7.96. The maximum Gasteiger partial charge on any atom is 0.410 e. The predicted octanol–water partition coefficient (Wildman–Crippen LogP) is 2.20. The van der Waals surface area contributed by atoms with Crippen LogP contribution < -0.4 is 5.32 Å². The van der Waals surface area contributed by atoms with E-state index in [1.165, 1.54) is 0 Å². The summed E-state index contributed by atoms with van der Waals surface area (Å²) in [6.07, 6.45) is 0.809. The molecule has 0 saturated heterocycles. The number of likely N-dealkylation sites (N-methyl/N-ethyl adjacent to an activating group) is 1. The average Bonchev–Trinajstić information content (AvgIpc) is 2.35. The molecule has 0 aliphatic carbocycles. The van der Waals surface area contributed by atoms with Gasteiger partial charge in [0.2, 0.25) is 0 Å². The van der Waals surface area contributed by atoms with Gasteiger partial charge in [-0.25, -0.2) is 4.79 Å². The van der Waals surface area contributed by atoms with Gasteiger partial charge in [-0.3, -0.25) is 9.89 Å². The van der Waals surface area contributed by atoms with E-state index in [9.17, 15) is 4.79 Å². The Morgan fingerprint density at radius 1 is 1.39 bits per heavy atom. The molecule has 1 aliphatic rings. The smallest absolute Gasteiger partial charge is 0.410 e. The zero-order valence-electron chi connectivity index (χ0n) is 15.8. The molecular formula is C17H34N4O2. The molecule has 1 unspecified atom stereocenters. The van der Waals surface area contributed by atoms with Gasteiger partial charge in [0.25, 0.3) is 0 Å². The first-order valence-electron chi connectivity index (χ1n) is 8.49. The summed E-state index contributed by atoms with van der Waals surface area (Å²) in [5, 5.41) is 3.53. The second kappa shape index (κ2) is 8.52. The molecule has 1 heterocycles. The number of hydrogen-bond acceptors (Lipinski definition) is 5. The topological polar surface area (TPSA) is 57.2 Å². The van der Waals surface area contributed by atoms with Crippen LogP contribution in [-0.4, -0.2) is 73.6 Å². The Balaban J connectivity index is 2.62. The van der Waals surface area contributed by atoms with Crippen molar-refractivity contribution in [2.45, 2.75) is 52.7 Å². The van der Waals surface area contributed by atoms with E-state index in [0.717, 1.165) is 18.8 Å². The van der Waals surface area contributed by atoms with Crippen LogP contribution in [0.3, 0.4) is 0 Å². The van der Waals surface area contributed by atoms with Crippen molar-refractivity contribution in [3.05, 3.63) is 0 Å². The Morgan fingerprint density at radius 2 is 2.04 bits per heavy atom. The number of carbonyl (C=O) groups is 1. The number of amides is 1. The second-order valence-corrected chi connectivity index (χ2v) is 7.96. The van der Waals surface area contributed by atoms with Crippen LogP contribution in [0.2, 0.25) is 0 Å². The number of nitrogens with zero attached hydrogens (tertiary/aromatic N) is 3. The van der Waals surface area contributed by atoms with Crippen LogP contribution in [0.4, 0.5) is 4.79 Å². The number of rotatable bonds is 5. The van der Waals surface area contributed by atoms with E-state index in [1.54, 1.807) is 4.90 Å². The Hall–Kier alpha value is -1.30. The molecular weight excluding hydrogens is 292 g/mol. The molecule has 0 fully saturated rings. The number of carbonyl (C=O) groups excluding carboxylic acids is 1. The highest BCUT2D eigenvalue weighted by atomic mass is 16.6. The predicted molar refractivity (Wildman–Crippen MR) is 95.0 cm³/mol. The molecule has 0 radical (unpaired) electrons. The normalized spacial score (nSPS) is 17.3. The van der Waals surface area contributed by atoms with E-state index in [-0.39, 0.29) is 6.09 Å². The van der Waals surface area contributed by atoms with Gasteiger partial charge in [0, 0.05) is 19.1 Å². The van der Waals surface area contributed by atoms with Crippen molar-refractivity contribution in [2.75, 3.05) is 40.3 Å². The standard InChI is InChI=1S/C17H34N4O2/c1-13(2)10-14(11-20(6)7)19-15-12-21(9-8-18-15)16(22)23-17(3,4)5/h13-14H,8-12H2,1-7H3,(H,18,19). The van der Waals surface area contributed by atoms with Crippen LogP contribution in [0, 0.1) is 5.92 Å². The van der Waals surface area contributed by atoms with Crippen LogP contribution in [0.5, 0.6) is 0 Å². The molecule has 0 aromatic carbocycles. The Labute approximate surface area is 141 Å². The van der Waals surface area contributed by atoms with Crippen molar-refractivity contribution in [1.29, 1.82) is 0 Å². The van der Waals surface area contributed by atoms with E-state index >= 15 is 0 Å². The van der Waals surface area contributed by atoms with E-state index in [4.69, 9.17) is 4.74 Å². The fourth-order valence-electron chi connectivity index (χ4n) is 2.61. The van der Waals surface area contributed by atoms with Crippen molar-refractivity contribution in [2.24, 2.45) is 10.9 Å². The summed E-state index contributed by atoms with van der Waals surface area (Å²) in [4.78, 5) is 20.7. The highest BCUT2D eigenvalue weighted by Crippen LogP contribution is 2.12. The van der Waals surface area contributed by atoms with Gasteiger partial charge in [0.05, 0.1) is 13.1 Å². The van der Waals surface area contributed by atoms with Crippen molar-refractivity contribution in [1.82, 2.24) is 15.1 Å². The van der Waals surface area contributed by atoms with E-state index in [0.29, 0.717) is 31.6 Å². The third-order valence-corrected chi connectivity index (χ3v) is 3.38. The molecule has 0 aromatic heterocycles. The van der Waals surface area contributed by atoms with Gasteiger partial charge in [-0.05, 0) is 47.2 Å². The lowest BCUT2D eigenvalue weighted by Gasteiger charge is -2.32. The minimum absolute atomic E-state index is 0.264. The zero-order chi connectivity index (χ0) is 17.6. The molecule has 0 aromatic rings. The van der Waals surface area contributed by atoms with Gasteiger partial charge in [-0.2, -0.15) is 0 Å². The van der Waals surface area contributed by atoms with Crippen LogP contribution in [-0.2, 0) is 4.74 Å². The van der Waals surface area contributed by atoms with Crippen molar-refractivity contribution < 1.29 is 9.53 Å². The largest absolute Gasteiger partial charge is 0.444 e. The van der Waals surface area contributed by atoms with Crippen molar-refractivity contribution >= 4 is 11.9 Å². The first-order valence-corrected chi connectivity index (χ1v) is 8.49. The molecule has 0 bridgehead atoms. The molecule has 1 atom stereocenters. The van der Waals surface area contributed by atoms with Gasteiger partial charge in [0.15, 0.2) is 0 Å². The molecule has 0 saturated carbocycles. The number of aliphatic imine (C=N–C) groups is 1. The van der Waals surface area contributed by atoms with Gasteiger partial charge in [0.1, 0.15) is 11.4 Å². The Bertz CT molecular complexity index is 403. The monoisotopic (exact) mass is 326 g/mol. The lowest BCUT2D eigenvalue weighted by atomic mass is 10.0. The molecule has 23 heavy (non-hydrogen) atoms. The maximum absolute atomic E-state index is 12.2. The van der Waals surface area contributed by atoms with E-state index in [2.05, 4.69) is 43.2 Å². The Kier molecular flexibility index (Phi) is 7.32. The third-order valence-electron chi connectivity index (χ3n) is 3.38. The first kappa shape index (κ1) is 19.7. The van der Waals surface area contributed by atoms with Crippen LogP contribution in [0.15, 0.2) is 4.99 Å². The minimum atomic E-state index is -0.468. The highest BCUT2D eigenvalue weighted by molar-refractivity contribution is 5.88. The third kappa shape index (κ3) is 8.21. The first-order chi connectivity index (χ1) is 10.6. The van der Waals surface area contributed by atoms with Crippen LogP contribution >= 0.6 is 0 Å². The van der Waals surface area contributed by atoms with Gasteiger partial charge < -0.3 is 15.0 Å². The van der Waals surface area contributed by atoms with Crippen molar-refractivity contribution in [3.63, 3.8) is 0 Å². The number of hydrogen-bond donors (Lipinski definition) is 1. The summed E-state index contributed by atoms with van der Waals surface area (Å²) >= 11 is 0. The summed E-state index contributed by atoms with van der Waals surface area (Å²) in [5.41, 5.74) is -0.468. The summed E-state index contributed by atoms with van der Waals surface area (Å²) in [5.74, 6) is 1.49. The molecule has 1 aliphatic heterocycles. The molecule has 1 N–H and O–H groups in total. The lowest BCUT2D eigenvalue weighted by molar-refractivity contribution is 0.0276. The number of ether oxygens (including phenoxy) is 1. The van der Waals surface area contributed by atoms with Crippen LogP contribution in [0.25, 0.3) is 0 Å². The van der Waals surface area contributed by atoms with E-state index in [1.807, 2.05) is 20.8 Å². The maximum atomic E-state index is 12.2. The lowest BCUT2D eigenvalue weighted by Crippen LogP contribution is -2.51.